The largest absolute Gasteiger partial charge is 0.464 e. The fraction of sp³-hybridized carbons (Fsp3) is 0.400. The van der Waals surface area contributed by atoms with Crippen LogP contribution in [0.1, 0.15) is 12.8 Å². The Kier molecular flexibility index (Phi) is 3.00. The van der Waals surface area contributed by atoms with Crippen LogP contribution < -0.4 is 0 Å². The van der Waals surface area contributed by atoms with Crippen LogP contribution in [0.15, 0.2) is 0 Å². The number of imide groups is 3. The Hall–Kier alpha value is -1.10. The number of likely N-dealkylation sites (tertiary alicyclic amines) is 1. The van der Waals surface area contributed by atoms with E-state index >= 15 is 0 Å². The summed E-state index contributed by atoms with van der Waals surface area (Å²) >= 11 is 0. The molecule has 1 aliphatic heterocycles. The summed E-state index contributed by atoms with van der Waals surface area (Å²) in [6.45, 7) is 0. The second-order valence-electron chi connectivity index (χ2n) is 1.91. The number of halogens is 1. The molecule has 0 spiro atoms. The first-order valence-electron chi connectivity index (χ1n) is 2.71. The second-order valence-corrected chi connectivity index (χ2v) is 1.91. The smallest absolute Gasteiger partial charge is 0.421 e. The molecule has 0 aromatic carbocycles. The molecule has 0 atom stereocenters. The molecule has 1 heterocycles. The Bertz CT molecular complexity index is 199. The molecule has 0 unspecified atom stereocenters. The summed E-state index contributed by atoms with van der Waals surface area (Å²) in [6.07, 6.45) is -1.44. The first-order chi connectivity index (χ1) is 4.63. The fourth-order valence-electron chi connectivity index (χ4n) is 0.790. The van der Waals surface area contributed by atoms with Crippen LogP contribution in [0.3, 0.4) is 0 Å². The molecule has 1 N–H and O–H groups in total. The van der Waals surface area contributed by atoms with Crippen LogP contribution in [-0.4, -0.2) is 27.9 Å². The summed E-state index contributed by atoms with van der Waals surface area (Å²) < 4.78 is 0. The Labute approximate surface area is 68.4 Å². The van der Waals surface area contributed by atoms with Crippen molar-refractivity contribution in [2.24, 2.45) is 0 Å². The topological polar surface area (TPSA) is 74.7 Å². The van der Waals surface area contributed by atoms with Gasteiger partial charge in [-0.05, 0) is 0 Å². The van der Waals surface area contributed by atoms with Crippen molar-refractivity contribution >= 4 is 30.3 Å². The van der Waals surface area contributed by atoms with Gasteiger partial charge in [-0.1, -0.05) is 0 Å². The molecule has 11 heavy (non-hydrogen) atoms. The maximum absolute atomic E-state index is 10.6. The number of hydrogen-bond donors (Lipinski definition) is 1. The zero-order valence-corrected chi connectivity index (χ0v) is 6.26. The van der Waals surface area contributed by atoms with E-state index in [-0.39, 0.29) is 30.1 Å². The number of carbonyl (C=O) groups excluding carboxylic acids is 2. The molecule has 0 aliphatic carbocycles. The first kappa shape index (κ1) is 9.90. The van der Waals surface area contributed by atoms with E-state index in [1.54, 1.807) is 0 Å². The Balaban J connectivity index is 0.000001000. The average molecular weight is 180 g/mol. The molecule has 0 bridgehead atoms. The number of amides is 3. The molecular formula is C5H6ClNO4. The van der Waals surface area contributed by atoms with Gasteiger partial charge in [-0.2, -0.15) is 4.90 Å². The van der Waals surface area contributed by atoms with Crippen molar-refractivity contribution in [2.45, 2.75) is 12.8 Å². The highest BCUT2D eigenvalue weighted by atomic mass is 35.5. The summed E-state index contributed by atoms with van der Waals surface area (Å²) in [5, 5.41) is 8.24. The van der Waals surface area contributed by atoms with Crippen LogP contribution in [0.2, 0.25) is 0 Å². The monoisotopic (exact) mass is 179 g/mol. The summed E-state index contributed by atoms with van der Waals surface area (Å²) in [5.74, 6) is -1.25. The molecule has 1 fully saturated rings. The number of nitrogens with zero attached hydrogens (tertiary/aromatic N) is 1. The molecule has 0 aromatic rings. The van der Waals surface area contributed by atoms with Gasteiger partial charge in [0.1, 0.15) is 0 Å². The van der Waals surface area contributed by atoms with Crippen LogP contribution in [0.4, 0.5) is 4.79 Å². The van der Waals surface area contributed by atoms with Gasteiger partial charge >= 0.3 is 6.09 Å². The highest BCUT2D eigenvalue weighted by molar-refractivity contribution is 6.12. The van der Waals surface area contributed by atoms with Gasteiger partial charge in [-0.25, -0.2) is 4.79 Å². The molecule has 62 valence electrons. The summed E-state index contributed by atoms with van der Waals surface area (Å²) in [4.78, 5) is 31.5. The van der Waals surface area contributed by atoms with Crippen LogP contribution in [0.25, 0.3) is 0 Å². The molecule has 0 aromatic heterocycles. The van der Waals surface area contributed by atoms with E-state index in [0.717, 1.165) is 0 Å². The maximum Gasteiger partial charge on any atom is 0.421 e. The van der Waals surface area contributed by atoms with E-state index in [4.69, 9.17) is 5.11 Å². The van der Waals surface area contributed by atoms with Gasteiger partial charge in [-0.3, -0.25) is 9.59 Å². The quantitative estimate of drug-likeness (QED) is 0.541. The lowest BCUT2D eigenvalue weighted by atomic mass is 10.4. The summed E-state index contributed by atoms with van der Waals surface area (Å²) in [6, 6.07) is 0. The predicted octanol–water partition coefficient (Wildman–Crippen LogP) is 0.235. The summed E-state index contributed by atoms with van der Waals surface area (Å²) in [5.41, 5.74) is 0. The molecule has 1 rings (SSSR count). The van der Waals surface area contributed by atoms with Gasteiger partial charge in [0.2, 0.25) is 11.8 Å². The molecule has 6 heteroatoms. The van der Waals surface area contributed by atoms with Gasteiger partial charge in [-0.15, -0.1) is 12.4 Å². The van der Waals surface area contributed by atoms with E-state index in [1.807, 2.05) is 0 Å². The van der Waals surface area contributed by atoms with Crippen molar-refractivity contribution in [1.29, 1.82) is 0 Å². The normalized spacial score (nSPS) is 16.5. The first-order valence-corrected chi connectivity index (χ1v) is 2.71. The number of carboxylic acid groups (broad SMARTS) is 1. The number of rotatable bonds is 0. The molecule has 1 saturated heterocycles. The lowest BCUT2D eigenvalue weighted by Crippen LogP contribution is -2.33. The van der Waals surface area contributed by atoms with Crippen molar-refractivity contribution in [2.75, 3.05) is 0 Å². The molecule has 3 amide bonds. The van der Waals surface area contributed by atoms with E-state index in [9.17, 15) is 14.4 Å². The molecule has 0 radical (unpaired) electrons. The number of hydrogen-bond acceptors (Lipinski definition) is 3. The van der Waals surface area contributed by atoms with E-state index < -0.39 is 17.9 Å². The van der Waals surface area contributed by atoms with Gasteiger partial charge in [0.25, 0.3) is 0 Å². The van der Waals surface area contributed by atoms with E-state index in [2.05, 4.69) is 0 Å². The predicted molar refractivity (Wildman–Crippen MR) is 36.4 cm³/mol. The Morgan fingerprint density at radius 3 is 1.82 bits per heavy atom. The van der Waals surface area contributed by atoms with E-state index in [1.165, 1.54) is 0 Å². The van der Waals surface area contributed by atoms with Crippen molar-refractivity contribution in [3.63, 3.8) is 0 Å². The van der Waals surface area contributed by atoms with Crippen molar-refractivity contribution < 1.29 is 19.5 Å². The Morgan fingerprint density at radius 1 is 1.27 bits per heavy atom. The Morgan fingerprint density at radius 2 is 1.64 bits per heavy atom. The SMILES string of the molecule is Cl.O=C(O)N1C(=O)CCC1=O. The third-order valence-corrected chi connectivity index (χ3v) is 1.24. The minimum atomic E-state index is -1.48. The minimum absolute atomic E-state index is 0. The van der Waals surface area contributed by atoms with Crippen molar-refractivity contribution in [3.05, 3.63) is 0 Å². The van der Waals surface area contributed by atoms with Gasteiger partial charge < -0.3 is 5.11 Å². The van der Waals surface area contributed by atoms with Crippen LogP contribution >= 0.6 is 12.4 Å². The highest BCUT2D eigenvalue weighted by Crippen LogP contribution is 2.10. The fourth-order valence-corrected chi connectivity index (χ4v) is 0.790. The third kappa shape index (κ3) is 1.68. The average Bonchev–Trinajstić information content (AvgIpc) is 2.11. The summed E-state index contributed by atoms with van der Waals surface area (Å²) in [7, 11) is 0. The third-order valence-electron chi connectivity index (χ3n) is 1.24. The molecule has 1 aliphatic rings. The van der Waals surface area contributed by atoms with Crippen LogP contribution in [-0.2, 0) is 9.59 Å². The maximum atomic E-state index is 10.6. The van der Waals surface area contributed by atoms with Gasteiger partial charge in [0, 0.05) is 12.8 Å². The van der Waals surface area contributed by atoms with E-state index in [0.29, 0.717) is 0 Å². The minimum Gasteiger partial charge on any atom is -0.464 e. The molecular weight excluding hydrogens is 174 g/mol. The van der Waals surface area contributed by atoms with Crippen LogP contribution in [0, 0.1) is 0 Å². The highest BCUT2D eigenvalue weighted by Gasteiger charge is 2.33. The number of carbonyl (C=O) groups is 3. The lowest BCUT2D eigenvalue weighted by Gasteiger charge is -2.03. The zero-order chi connectivity index (χ0) is 7.72. The standard InChI is InChI=1S/C5H5NO4.ClH/c7-3-1-2-4(8)6(3)5(9)10;/h1-2H2,(H,9,10);1H. The lowest BCUT2D eigenvalue weighted by molar-refractivity contribution is -0.135. The zero-order valence-electron chi connectivity index (χ0n) is 5.44. The van der Waals surface area contributed by atoms with Gasteiger partial charge in [0.05, 0.1) is 0 Å². The van der Waals surface area contributed by atoms with Crippen LogP contribution in [0.5, 0.6) is 0 Å². The van der Waals surface area contributed by atoms with Crippen molar-refractivity contribution in [1.82, 2.24) is 4.90 Å². The second kappa shape index (κ2) is 3.34. The molecule has 5 nitrogen and oxygen atoms in total. The van der Waals surface area contributed by atoms with Crippen molar-refractivity contribution in [3.8, 4) is 0 Å². The van der Waals surface area contributed by atoms with Gasteiger partial charge in [0.15, 0.2) is 0 Å². The molecule has 0 saturated carbocycles.